The van der Waals surface area contributed by atoms with E-state index in [1.54, 1.807) is 20.8 Å². The van der Waals surface area contributed by atoms with Crippen LogP contribution in [0.2, 0.25) is 0 Å². The number of esters is 1. The Bertz CT molecular complexity index is 427. The molecule has 1 atom stereocenters. The molecule has 18 heavy (non-hydrogen) atoms. The quantitative estimate of drug-likeness (QED) is 0.800. The highest BCUT2D eigenvalue weighted by Crippen LogP contribution is 2.22. The van der Waals surface area contributed by atoms with Crippen LogP contribution in [0.25, 0.3) is 0 Å². The van der Waals surface area contributed by atoms with Crippen molar-refractivity contribution in [3.8, 4) is 0 Å². The third-order valence-electron chi connectivity index (χ3n) is 2.33. The van der Waals surface area contributed by atoms with Crippen LogP contribution in [0.3, 0.4) is 0 Å². The van der Waals surface area contributed by atoms with Gasteiger partial charge in [-0.15, -0.1) is 11.3 Å². The predicted molar refractivity (Wildman–Crippen MR) is 67.5 cm³/mol. The second-order valence-electron chi connectivity index (χ2n) is 4.13. The molecule has 0 aliphatic rings. The van der Waals surface area contributed by atoms with Gasteiger partial charge in [0, 0.05) is 17.7 Å². The summed E-state index contributed by atoms with van der Waals surface area (Å²) in [6.07, 6.45) is -0.930. The molecule has 0 amide bonds. The van der Waals surface area contributed by atoms with Crippen LogP contribution >= 0.6 is 11.3 Å². The van der Waals surface area contributed by atoms with Gasteiger partial charge in [-0.25, -0.2) is 9.78 Å². The van der Waals surface area contributed by atoms with Gasteiger partial charge in [-0.2, -0.15) is 0 Å². The van der Waals surface area contributed by atoms with Crippen molar-refractivity contribution in [1.29, 1.82) is 0 Å². The number of nitrogens with zero attached hydrogens (tertiary/aromatic N) is 1. The summed E-state index contributed by atoms with van der Waals surface area (Å²) in [5.74, 6) is -0.665. The Morgan fingerprint density at radius 3 is 2.72 bits per heavy atom. The summed E-state index contributed by atoms with van der Waals surface area (Å²) in [6, 6.07) is 0. The molecule has 1 rings (SSSR count). The number of Topliss-reactive ketones (excluding diaryl/α,β-unsaturated/α-hetero) is 1. The first-order chi connectivity index (χ1) is 8.45. The fraction of sp³-hybridized carbons (Fsp3) is 0.583. The lowest BCUT2D eigenvalue weighted by molar-refractivity contribution is -0.123. The number of ether oxygens (including phenoxy) is 1. The van der Waals surface area contributed by atoms with Gasteiger partial charge in [0.2, 0.25) is 0 Å². The summed E-state index contributed by atoms with van der Waals surface area (Å²) in [5, 5.41) is 11.7. The Labute approximate surface area is 110 Å². The summed E-state index contributed by atoms with van der Waals surface area (Å²) in [4.78, 5) is 26.9. The highest BCUT2D eigenvalue weighted by molar-refractivity contribution is 7.09. The summed E-state index contributed by atoms with van der Waals surface area (Å²) in [5.41, 5.74) is 0.174. The molecule has 0 radical (unpaired) electrons. The van der Waals surface area contributed by atoms with E-state index in [1.807, 2.05) is 0 Å². The number of aliphatic hydroxyl groups excluding tert-OH is 1. The fourth-order valence-corrected chi connectivity index (χ4v) is 2.03. The Morgan fingerprint density at radius 1 is 1.50 bits per heavy atom. The highest BCUT2D eigenvalue weighted by Gasteiger charge is 2.20. The molecule has 0 bridgehead atoms. The Hall–Kier alpha value is -1.27. The zero-order chi connectivity index (χ0) is 13.7. The topological polar surface area (TPSA) is 76.5 Å². The molecule has 1 aromatic heterocycles. The molecule has 0 saturated carbocycles. The molecule has 0 aliphatic heterocycles. The number of aliphatic hydroxyl groups is 1. The minimum atomic E-state index is -0.951. The minimum absolute atomic E-state index is 0.0213. The molecule has 0 aromatic carbocycles. The van der Waals surface area contributed by atoms with Gasteiger partial charge < -0.3 is 9.84 Å². The number of rotatable bonds is 6. The Morgan fingerprint density at radius 2 is 2.17 bits per heavy atom. The van der Waals surface area contributed by atoms with E-state index in [1.165, 1.54) is 5.38 Å². The maximum atomic E-state index is 11.5. The van der Waals surface area contributed by atoms with E-state index in [9.17, 15) is 14.7 Å². The van der Waals surface area contributed by atoms with E-state index in [-0.39, 0.29) is 30.4 Å². The smallest absolute Gasteiger partial charge is 0.357 e. The molecule has 0 unspecified atom stereocenters. The zero-order valence-electron chi connectivity index (χ0n) is 10.7. The monoisotopic (exact) mass is 271 g/mol. The highest BCUT2D eigenvalue weighted by atomic mass is 32.1. The van der Waals surface area contributed by atoms with Crippen molar-refractivity contribution in [2.45, 2.75) is 33.3 Å². The molecule has 1 N–H and O–H groups in total. The van der Waals surface area contributed by atoms with Crippen LogP contribution in [0.1, 0.15) is 48.8 Å². The SMILES string of the molecule is CCOC(=O)c1csc([C@H](O)CC(=O)C(C)C)n1. The van der Waals surface area contributed by atoms with Gasteiger partial charge in [-0.3, -0.25) is 4.79 Å². The maximum absolute atomic E-state index is 11.5. The normalized spacial score (nSPS) is 12.5. The van der Waals surface area contributed by atoms with Gasteiger partial charge in [0.05, 0.1) is 6.61 Å². The molecule has 0 fully saturated rings. The van der Waals surface area contributed by atoms with Crippen molar-refractivity contribution in [3.05, 3.63) is 16.1 Å². The first-order valence-electron chi connectivity index (χ1n) is 5.79. The Kier molecular flexibility index (Phi) is 5.43. The predicted octanol–water partition coefficient (Wildman–Crippen LogP) is 1.97. The maximum Gasteiger partial charge on any atom is 0.357 e. The number of aromatic nitrogens is 1. The van der Waals surface area contributed by atoms with Crippen LogP contribution in [0.4, 0.5) is 0 Å². The molecule has 6 heteroatoms. The van der Waals surface area contributed by atoms with Crippen LogP contribution in [0, 0.1) is 5.92 Å². The fourth-order valence-electron chi connectivity index (χ4n) is 1.25. The van der Waals surface area contributed by atoms with Crippen LogP contribution in [0.5, 0.6) is 0 Å². The summed E-state index contributed by atoms with van der Waals surface area (Å²) in [6.45, 7) is 5.54. The molecular formula is C12H17NO4S. The number of carbonyl (C=O) groups is 2. The van der Waals surface area contributed by atoms with E-state index in [0.29, 0.717) is 5.01 Å². The summed E-state index contributed by atoms with van der Waals surface area (Å²) in [7, 11) is 0. The lowest BCUT2D eigenvalue weighted by Gasteiger charge is -2.08. The van der Waals surface area contributed by atoms with Crippen molar-refractivity contribution in [2.75, 3.05) is 6.61 Å². The van der Waals surface area contributed by atoms with Gasteiger partial charge in [0.1, 0.15) is 16.9 Å². The minimum Gasteiger partial charge on any atom is -0.461 e. The molecule has 0 saturated heterocycles. The number of ketones is 1. The van der Waals surface area contributed by atoms with Gasteiger partial charge in [-0.05, 0) is 6.92 Å². The van der Waals surface area contributed by atoms with Gasteiger partial charge in [0.25, 0.3) is 0 Å². The zero-order valence-corrected chi connectivity index (χ0v) is 11.5. The standard InChI is InChI=1S/C12H17NO4S/c1-4-17-12(16)8-6-18-11(13-8)10(15)5-9(14)7(2)3/h6-7,10,15H,4-5H2,1-3H3/t10-/m1/s1. The molecule has 1 heterocycles. The number of thiazole rings is 1. The molecule has 5 nitrogen and oxygen atoms in total. The van der Waals surface area contributed by atoms with E-state index >= 15 is 0 Å². The van der Waals surface area contributed by atoms with Gasteiger partial charge in [0.15, 0.2) is 5.69 Å². The van der Waals surface area contributed by atoms with E-state index < -0.39 is 12.1 Å². The van der Waals surface area contributed by atoms with Crippen LogP contribution in [-0.4, -0.2) is 28.4 Å². The second kappa shape index (κ2) is 6.61. The van der Waals surface area contributed by atoms with Crippen molar-refractivity contribution in [2.24, 2.45) is 5.92 Å². The van der Waals surface area contributed by atoms with Crippen LogP contribution in [-0.2, 0) is 9.53 Å². The second-order valence-corrected chi connectivity index (χ2v) is 5.02. The Balaban J connectivity index is 2.67. The largest absolute Gasteiger partial charge is 0.461 e. The van der Waals surface area contributed by atoms with E-state index in [0.717, 1.165) is 11.3 Å². The van der Waals surface area contributed by atoms with E-state index in [2.05, 4.69) is 4.98 Å². The van der Waals surface area contributed by atoms with Crippen molar-refractivity contribution >= 4 is 23.1 Å². The lowest BCUT2D eigenvalue weighted by Crippen LogP contribution is -2.12. The number of hydrogen-bond acceptors (Lipinski definition) is 6. The average Bonchev–Trinajstić information content (AvgIpc) is 2.78. The lowest BCUT2D eigenvalue weighted by atomic mass is 10.0. The van der Waals surface area contributed by atoms with Crippen molar-refractivity contribution < 1.29 is 19.4 Å². The third kappa shape index (κ3) is 3.89. The summed E-state index contributed by atoms with van der Waals surface area (Å²) < 4.78 is 4.80. The third-order valence-corrected chi connectivity index (χ3v) is 3.28. The van der Waals surface area contributed by atoms with Crippen molar-refractivity contribution in [1.82, 2.24) is 4.98 Å². The first kappa shape index (κ1) is 14.8. The molecule has 0 aliphatic carbocycles. The van der Waals surface area contributed by atoms with Gasteiger partial charge in [-0.1, -0.05) is 13.8 Å². The van der Waals surface area contributed by atoms with E-state index in [4.69, 9.17) is 4.74 Å². The molecule has 0 spiro atoms. The van der Waals surface area contributed by atoms with Crippen LogP contribution in [0.15, 0.2) is 5.38 Å². The summed E-state index contributed by atoms with van der Waals surface area (Å²) >= 11 is 1.15. The molecule has 100 valence electrons. The van der Waals surface area contributed by atoms with Gasteiger partial charge >= 0.3 is 5.97 Å². The number of hydrogen-bond donors (Lipinski definition) is 1. The average molecular weight is 271 g/mol. The molecular weight excluding hydrogens is 254 g/mol. The number of carbonyl (C=O) groups excluding carboxylic acids is 2. The molecule has 1 aromatic rings. The van der Waals surface area contributed by atoms with Crippen molar-refractivity contribution in [3.63, 3.8) is 0 Å². The first-order valence-corrected chi connectivity index (χ1v) is 6.67. The van der Waals surface area contributed by atoms with Crippen LogP contribution < -0.4 is 0 Å².